The molecular formula is C26H33N3O6. The molecule has 1 atom stereocenters. The first-order valence-corrected chi connectivity index (χ1v) is 11.4. The van der Waals surface area contributed by atoms with Gasteiger partial charge in [0.2, 0.25) is 11.8 Å². The fourth-order valence-electron chi connectivity index (χ4n) is 3.41. The number of carbonyl (C=O) groups is 4. The molecule has 0 radical (unpaired) electrons. The Kier molecular flexibility index (Phi) is 11.3. The van der Waals surface area contributed by atoms with Crippen molar-refractivity contribution in [1.29, 1.82) is 0 Å². The summed E-state index contributed by atoms with van der Waals surface area (Å²) in [6.45, 7) is 3.59. The van der Waals surface area contributed by atoms with Gasteiger partial charge in [0.15, 0.2) is 0 Å². The van der Waals surface area contributed by atoms with Gasteiger partial charge < -0.3 is 29.8 Å². The largest absolute Gasteiger partial charge is 0.497 e. The summed E-state index contributed by atoms with van der Waals surface area (Å²) in [5.74, 6) is -0.127. The van der Waals surface area contributed by atoms with E-state index in [-0.39, 0.29) is 32.2 Å². The third-order valence-corrected chi connectivity index (χ3v) is 5.16. The Morgan fingerprint density at radius 2 is 1.66 bits per heavy atom. The minimum absolute atomic E-state index is 0.0699. The van der Waals surface area contributed by atoms with E-state index in [1.807, 2.05) is 44.2 Å². The van der Waals surface area contributed by atoms with E-state index in [0.717, 1.165) is 11.1 Å². The highest BCUT2D eigenvalue weighted by Crippen LogP contribution is 2.18. The number of nitrogens with one attached hydrogen (secondary N) is 2. The number of alkyl carbamates (subject to hydrolysis) is 1. The standard InChI is InChI=1S/C26H33N3O6/c1-19(2)15-23(25(32)27-13-14-30)29(17-20-9-11-22(34-3)12-10-20)24(31)16-28-26(33)35-18-21-7-5-4-6-8-21/h4-12,14,19,23H,13,15-18H2,1-3H3,(H,27,32)(H,28,33)/t23-/m0/s1. The first-order chi connectivity index (χ1) is 16.8. The molecule has 9 nitrogen and oxygen atoms in total. The van der Waals surface area contributed by atoms with Gasteiger partial charge in [-0.2, -0.15) is 0 Å². The fraction of sp³-hybridized carbons (Fsp3) is 0.385. The van der Waals surface area contributed by atoms with E-state index in [4.69, 9.17) is 9.47 Å². The maximum Gasteiger partial charge on any atom is 0.407 e. The molecule has 2 aromatic rings. The maximum atomic E-state index is 13.2. The average Bonchev–Trinajstić information content (AvgIpc) is 2.87. The molecule has 0 aliphatic carbocycles. The third kappa shape index (κ3) is 9.48. The molecule has 0 saturated heterocycles. The second-order valence-electron chi connectivity index (χ2n) is 8.34. The van der Waals surface area contributed by atoms with Gasteiger partial charge in [0.05, 0.1) is 13.7 Å². The molecule has 0 heterocycles. The van der Waals surface area contributed by atoms with Crippen molar-refractivity contribution in [3.05, 3.63) is 65.7 Å². The highest BCUT2D eigenvalue weighted by molar-refractivity contribution is 5.90. The van der Waals surface area contributed by atoms with Crippen LogP contribution >= 0.6 is 0 Å². The van der Waals surface area contributed by atoms with Gasteiger partial charge >= 0.3 is 6.09 Å². The summed E-state index contributed by atoms with van der Waals surface area (Å²) >= 11 is 0. The number of methoxy groups -OCH3 is 1. The van der Waals surface area contributed by atoms with E-state index >= 15 is 0 Å². The lowest BCUT2D eigenvalue weighted by Gasteiger charge is -2.32. The zero-order chi connectivity index (χ0) is 25.6. The zero-order valence-corrected chi connectivity index (χ0v) is 20.4. The van der Waals surface area contributed by atoms with E-state index in [1.165, 1.54) is 4.90 Å². The molecule has 0 saturated carbocycles. The lowest BCUT2D eigenvalue weighted by Crippen LogP contribution is -2.52. The lowest BCUT2D eigenvalue weighted by molar-refractivity contribution is -0.141. The second kappa shape index (κ2) is 14.4. The minimum Gasteiger partial charge on any atom is -0.497 e. The monoisotopic (exact) mass is 483 g/mol. The van der Waals surface area contributed by atoms with Crippen molar-refractivity contribution < 1.29 is 28.7 Å². The summed E-state index contributed by atoms with van der Waals surface area (Å²) in [5, 5.41) is 5.01. The van der Waals surface area contributed by atoms with E-state index in [9.17, 15) is 19.2 Å². The SMILES string of the molecule is COc1ccc(CN(C(=O)CNC(=O)OCc2ccccc2)[C@@H](CC(C)C)C(=O)NCC=O)cc1. The summed E-state index contributed by atoms with van der Waals surface area (Å²) in [6, 6.07) is 15.5. The quantitative estimate of drug-likeness (QED) is 0.424. The number of carbonyl (C=O) groups excluding carboxylic acids is 4. The first-order valence-electron chi connectivity index (χ1n) is 11.4. The van der Waals surface area contributed by atoms with Gasteiger partial charge in [-0.1, -0.05) is 56.3 Å². The molecule has 188 valence electrons. The zero-order valence-electron chi connectivity index (χ0n) is 20.4. The Hall–Kier alpha value is -3.88. The van der Waals surface area contributed by atoms with Crippen LogP contribution in [-0.2, 0) is 32.3 Å². The Morgan fingerprint density at radius 1 is 0.971 bits per heavy atom. The van der Waals surface area contributed by atoms with Gasteiger partial charge in [-0.15, -0.1) is 0 Å². The Labute approximate surface area is 205 Å². The Morgan fingerprint density at radius 3 is 2.26 bits per heavy atom. The molecule has 9 heteroatoms. The van der Waals surface area contributed by atoms with Crippen molar-refractivity contribution in [2.24, 2.45) is 5.92 Å². The van der Waals surface area contributed by atoms with Crippen molar-refractivity contribution in [2.45, 2.75) is 39.5 Å². The topological polar surface area (TPSA) is 114 Å². The predicted molar refractivity (Wildman–Crippen MR) is 130 cm³/mol. The number of benzene rings is 2. The summed E-state index contributed by atoms with van der Waals surface area (Å²) in [6.07, 6.45) is 0.229. The number of rotatable bonds is 13. The van der Waals surface area contributed by atoms with E-state index in [0.29, 0.717) is 18.5 Å². The van der Waals surface area contributed by atoms with Crippen molar-refractivity contribution in [2.75, 3.05) is 20.2 Å². The molecular weight excluding hydrogens is 450 g/mol. The third-order valence-electron chi connectivity index (χ3n) is 5.16. The van der Waals surface area contributed by atoms with E-state index < -0.39 is 23.9 Å². The number of hydrogen-bond acceptors (Lipinski definition) is 6. The number of aldehydes is 1. The first kappa shape index (κ1) is 27.4. The second-order valence-corrected chi connectivity index (χ2v) is 8.34. The van der Waals surface area contributed by atoms with Crippen LogP contribution in [0.4, 0.5) is 4.79 Å². The van der Waals surface area contributed by atoms with Crippen molar-refractivity contribution >= 4 is 24.2 Å². The molecule has 2 N–H and O–H groups in total. The molecule has 2 aromatic carbocycles. The summed E-state index contributed by atoms with van der Waals surface area (Å²) in [4.78, 5) is 50.5. The van der Waals surface area contributed by atoms with Crippen molar-refractivity contribution in [3.63, 3.8) is 0 Å². The van der Waals surface area contributed by atoms with Crippen LogP contribution in [0.2, 0.25) is 0 Å². The van der Waals surface area contributed by atoms with Crippen LogP contribution in [0.25, 0.3) is 0 Å². The molecule has 35 heavy (non-hydrogen) atoms. The average molecular weight is 484 g/mol. The van der Waals surface area contributed by atoms with E-state index in [2.05, 4.69) is 10.6 Å². The number of amides is 3. The highest BCUT2D eigenvalue weighted by Gasteiger charge is 2.30. The molecule has 0 spiro atoms. The lowest BCUT2D eigenvalue weighted by atomic mass is 10.0. The van der Waals surface area contributed by atoms with Gasteiger partial charge in [-0.25, -0.2) is 4.79 Å². The molecule has 2 rings (SSSR count). The molecule has 0 aliphatic rings. The smallest absolute Gasteiger partial charge is 0.407 e. The molecule has 0 fully saturated rings. The van der Waals surface area contributed by atoms with Crippen LogP contribution in [-0.4, -0.2) is 55.3 Å². The summed E-state index contributed by atoms with van der Waals surface area (Å²) in [5.41, 5.74) is 1.60. The van der Waals surface area contributed by atoms with Crippen LogP contribution in [0.15, 0.2) is 54.6 Å². The van der Waals surface area contributed by atoms with Gasteiger partial charge in [-0.3, -0.25) is 9.59 Å². The molecule has 0 aliphatic heterocycles. The van der Waals surface area contributed by atoms with Gasteiger partial charge in [0.1, 0.15) is 31.2 Å². The van der Waals surface area contributed by atoms with Crippen LogP contribution in [0.5, 0.6) is 5.75 Å². The van der Waals surface area contributed by atoms with Crippen LogP contribution in [0.1, 0.15) is 31.4 Å². The Bertz CT molecular complexity index is 963. The molecule has 0 bridgehead atoms. The fourth-order valence-corrected chi connectivity index (χ4v) is 3.41. The number of ether oxygens (including phenoxy) is 2. The van der Waals surface area contributed by atoms with Gasteiger partial charge in [0.25, 0.3) is 0 Å². The number of nitrogens with zero attached hydrogens (tertiary/aromatic N) is 1. The molecule has 0 aromatic heterocycles. The summed E-state index contributed by atoms with van der Waals surface area (Å²) < 4.78 is 10.4. The van der Waals surface area contributed by atoms with Crippen LogP contribution < -0.4 is 15.4 Å². The van der Waals surface area contributed by atoms with Crippen LogP contribution in [0, 0.1) is 5.92 Å². The minimum atomic E-state index is -0.827. The summed E-state index contributed by atoms with van der Waals surface area (Å²) in [7, 11) is 1.56. The molecule has 3 amide bonds. The maximum absolute atomic E-state index is 13.2. The van der Waals surface area contributed by atoms with Crippen molar-refractivity contribution in [1.82, 2.24) is 15.5 Å². The normalized spacial score (nSPS) is 11.3. The van der Waals surface area contributed by atoms with E-state index in [1.54, 1.807) is 31.4 Å². The molecule has 0 unspecified atom stereocenters. The predicted octanol–water partition coefficient (Wildman–Crippen LogP) is 2.68. The van der Waals surface area contributed by atoms with Gasteiger partial charge in [0, 0.05) is 6.54 Å². The Balaban J connectivity index is 2.14. The van der Waals surface area contributed by atoms with Crippen LogP contribution in [0.3, 0.4) is 0 Å². The van der Waals surface area contributed by atoms with Gasteiger partial charge in [-0.05, 0) is 35.6 Å². The number of hydrogen-bond donors (Lipinski definition) is 2. The van der Waals surface area contributed by atoms with Crippen molar-refractivity contribution in [3.8, 4) is 5.75 Å². The highest BCUT2D eigenvalue weighted by atomic mass is 16.5.